The molecule has 0 saturated heterocycles. The average molecular weight is 266 g/mol. The molecule has 1 N–H and O–H groups in total. The minimum Gasteiger partial charge on any atom is -0.281 e. The molecule has 3 nitrogen and oxygen atoms in total. The topological polar surface area (TPSA) is 46.2 Å². The van der Waals surface area contributed by atoms with Gasteiger partial charge in [-0.1, -0.05) is 19.1 Å². The normalized spacial score (nSPS) is 13.4. The van der Waals surface area contributed by atoms with Crippen LogP contribution in [0.15, 0.2) is 24.3 Å². The van der Waals surface area contributed by atoms with E-state index in [1.807, 2.05) is 0 Å². The molecular formula is C10H13ClFNO2S. The summed E-state index contributed by atoms with van der Waals surface area (Å²) in [6, 6.07) is 5.63. The van der Waals surface area contributed by atoms with Gasteiger partial charge in [0.2, 0.25) is 10.0 Å². The average Bonchev–Trinajstić information content (AvgIpc) is 2.20. The van der Waals surface area contributed by atoms with E-state index in [9.17, 15) is 12.8 Å². The predicted molar refractivity (Wildman–Crippen MR) is 63.7 cm³/mol. The van der Waals surface area contributed by atoms with E-state index in [0.29, 0.717) is 0 Å². The third-order valence-corrected chi connectivity index (χ3v) is 3.97. The minimum absolute atomic E-state index is 0.0377. The Balaban J connectivity index is 2.77. The fourth-order valence-electron chi connectivity index (χ4n) is 1.17. The van der Waals surface area contributed by atoms with Gasteiger partial charge in [0, 0.05) is 5.88 Å². The van der Waals surface area contributed by atoms with Crippen LogP contribution < -0.4 is 4.72 Å². The molecule has 0 amide bonds. The van der Waals surface area contributed by atoms with Crippen molar-refractivity contribution >= 4 is 27.3 Å². The molecule has 0 heterocycles. The first-order valence-electron chi connectivity index (χ1n) is 4.75. The van der Waals surface area contributed by atoms with Crippen molar-refractivity contribution in [1.82, 2.24) is 0 Å². The molecule has 1 aromatic carbocycles. The number of halogens is 2. The summed E-state index contributed by atoms with van der Waals surface area (Å²) in [6.07, 6.45) is 0. The van der Waals surface area contributed by atoms with E-state index >= 15 is 0 Å². The van der Waals surface area contributed by atoms with Gasteiger partial charge in [0.15, 0.2) is 0 Å². The molecule has 0 aliphatic carbocycles. The van der Waals surface area contributed by atoms with Gasteiger partial charge in [0.05, 0.1) is 11.4 Å². The quantitative estimate of drug-likeness (QED) is 0.832. The molecule has 1 unspecified atom stereocenters. The van der Waals surface area contributed by atoms with Gasteiger partial charge in [-0.2, -0.15) is 0 Å². The fraction of sp³-hybridized carbons (Fsp3) is 0.400. The van der Waals surface area contributed by atoms with Gasteiger partial charge in [0.25, 0.3) is 0 Å². The summed E-state index contributed by atoms with van der Waals surface area (Å²) in [5.74, 6) is -0.640. The van der Waals surface area contributed by atoms with E-state index < -0.39 is 15.8 Å². The van der Waals surface area contributed by atoms with Crippen LogP contribution in [0.5, 0.6) is 0 Å². The van der Waals surface area contributed by atoms with Gasteiger partial charge < -0.3 is 0 Å². The molecular weight excluding hydrogens is 253 g/mol. The number of alkyl halides is 1. The summed E-state index contributed by atoms with van der Waals surface area (Å²) in [5.41, 5.74) is -0.0377. The van der Waals surface area contributed by atoms with Crippen LogP contribution in [0, 0.1) is 11.7 Å². The van der Waals surface area contributed by atoms with E-state index in [4.69, 9.17) is 11.6 Å². The third kappa shape index (κ3) is 3.98. The van der Waals surface area contributed by atoms with Crippen LogP contribution in [0.3, 0.4) is 0 Å². The van der Waals surface area contributed by atoms with Gasteiger partial charge >= 0.3 is 0 Å². The highest BCUT2D eigenvalue weighted by molar-refractivity contribution is 7.92. The summed E-state index contributed by atoms with van der Waals surface area (Å²) in [6.45, 7) is 1.72. The minimum atomic E-state index is -3.54. The molecule has 1 atom stereocenters. The molecule has 6 heteroatoms. The van der Waals surface area contributed by atoms with Gasteiger partial charge in [-0.15, -0.1) is 11.6 Å². The molecule has 16 heavy (non-hydrogen) atoms. The number of hydrogen-bond acceptors (Lipinski definition) is 2. The maximum absolute atomic E-state index is 13.2. The zero-order chi connectivity index (χ0) is 12.2. The Kier molecular flexibility index (Phi) is 4.56. The molecule has 0 aliphatic rings. The monoisotopic (exact) mass is 265 g/mol. The Bertz CT molecular complexity index is 450. The van der Waals surface area contributed by atoms with Gasteiger partial charge in [-0.25, -0.2) is 12.8 Å². The molecule has 0 radical (unpaired) electrons. The van der Waals surface area contributed by atoms with E-state index in [2.05, 4.69) is 4.72 Å². The number of nitrogens with one attached hydrogen (secondary N) is 1. The van der Waals surface area contributed by atoms with Crippen molar-refractivity contribution in [2.75, 3.05) is 16.4 Å². The molecule has 90 valence electrons. The number of anilines is 1. The second kappa shape index (κ2) is 5.50. The van der Waals surface area contributed by atoms with Crippen LogP contribution in [0.25, 0.3) is 0 Å². The maximum atomic E-state index is 13.2. The lowest BCUT2D eigenvalue weighted by Gasteiger charge is -2.11. The van der Waals surface area contributed by atoms with Crippen LogP contribution in [0.2, 0.25) is 0 Å². The highest BCUT2D eigenvalue weighted by Crippen LogP contribution is 2.15. The summed E-state index contributed by atoms with van der Waals surface area (Å²) in [5, 5.41) is 0. The summed E-state index contributed by atoms with van der Waals surface area (Å²) in [4.78, 5) is 0. The fourth-order valence-corrected chi connectivity index (χ4v) is 2.86. The number of sulfonamides is 1. The van der Waals surface area contributed by atoms with Crippen molar-refractivity contribution in [3.05, 3.63) is 30.1 Å². The van der Waals surface area contributed by atoms with E-state index in [1.165, 1.54) is 18.2 Å². The lowest BCUT2D eigenvalue weighted by Crippen LogP contribution is -2.22. The Morgan fingerprint density at radius 2 is 2.06 bits per heavy atom. The van der Waals surface area contributed by atoms with E-state index in [0.717, 1.165) is 0 Å². The van der Waals surface area contributed by atoms with Crippen molar-refractivity contribution in [2.45, 2.75) is 6.92 Å². The summed E-state index contributed by atoms with van der Waals surface area (Å²) in [7, 11) is -3.54. The lowest BCUT2D eigenvalue weighted by atomic mass is 10.3. The zero-order valence-corrected chi connectivity index (χ0v) is 10.4. The second-order valence-corrected chi connectivity index (χ2v) is 5.70. The molecule has 0 aliphatic heterocycles. The smallest absolute Gasteiger partial charge is 0.233 e. The van der Waals surface area contributed by atoms with Crippen LogP contribution in [0.4, 0.5) is 10.1 Å². The molecule has 1 aromatic rings. The standard InChI is InChI=1S/C10H13ClFNO2S/c1-8(6-11)7-16(14,15)13-10-5-3-2-4-9(10)12/h2-5,8,13H,6-7H2,1H3. The predicted octanol–water partition coefficient (Wildman–Crippen LogP) is 2.44. The second-order valence-electron chi connectivity index (χ2n) is 3.62. The Hall–Kier alpha value is -0.810. The SMILES string of the molecule is CC(CCl)CS(=O)(=O)Nc1ccccc1F. The largest absolute Gasteiger partial charge is 0.281 e. The number of para-hydroxylation sites is 1. The number of benzene rings is 1. The number of rotatable bonds is 5. The van der Waals surface area contributed by atoms with Crippen molar-refractivity contribution in [3.63, 3.8) is 0 Å². The first-order chi connectivity index (χ1) is 7.44. The lowest BCUT2D eigenvalue weighted by molar-refractivity contribution is 0.586. The van der Waals surface area contributed by atoms with Gasteiger partial charge in [-0.05, 0) is 18.1 Å². The summed E-state index contributed by atoms with van der Waals surface area (Å²) < 4.78 is 38.5. The Labute approximate surface area is 99.7 Å². The highest BCUT2D eigenvalue weighted by Gasteiger charge is 2.16. The van der Waals surface area contributed by atoms with Crippen LogP contribution in [-0.4, -0.2) is 20.1 Å². The first-order valence-corrected chi connectivity index (χ1v) is 6.94. The molecule has 0 bridgehead atoms. The molecule has 0 spiro atoms. The van der Waals surface area contributed by atoms with Gasteiger partial charge in [-0.3, -0.25) is 4.72 Å². The van der Waals surface area contributed by atoms with Crippen molar-refractivity contribution in [2.24, 2.45) is 5.92 Å². The Morgan fingerprint density at radius 3 is 2.62 bits per heavy atom. The summed E-state index contributed by atoms with van der Waals surface area (Å²) >= 11 is 5.53. The van der Waals surface area contributed by atoms with E-state index in [-0.39, 0.29) is 23.2 Å². The number of hydrogen-bond donors (Lipinski definition) is 1. The molecule has 0 saturated carbocycles. The Morgan fingerprint density at radius 1 is 1.44 bits per heavy atom. The highest BCUT2D eigenvalue weighted by atomic mass is 35.5. The first kappa shape index (κ1) is 13.3. The van der Waals surface area contributed by atoms with E-state index in [1.54, 1.807) is 13.0 Å². The molecule has 1 rings (SSSR count). The van der Waals surface area contributed by atoms with Crippen LogP contribution in [0.1, 0.15) is 6.92 Å². The maximum Gasteiger partial charge on any atom is 0.233 e. The van der Waals surface area contributed by atoms with Crippen molar-refractivity contribution in [3.8, 4) is 0 Å². The van der Waals surface area contributed by atoms with Crippen LogP contribution >= 0.6 is 11.6 Å². The molecule has 0 aromatic heterocycles. The third-order valence-electron chi connectivity index (χ3n) is 1.91. The van der Waals surface area contributed by atoms with Crippen LogP contribution in [-0.2, 0) is 10.0 Å². The molecule has 0 fully saturated rings. The van der Waals surface area contributed by atoms with Crippen molar-refractivity contribution < 1.29 is 12.8 Å². The van der Waals surface area contributed by atoms with Crippen molar-refractivity contribution in [1.29, 1.82) is 0 Å². The van der Waals surface area contributed by atoms with Gasteiger partial charge in [0.1, 0.15) is 5.82 Å². The zero-order valence-electron chi connectivity index (χ0n) is 8.78.